The van der Waals surface area contributed by atoms with Gasteiger partial charge in [-0.1, -0.05) is 13.3 Å². The fourth-order valence-corrected chi connectivity index (χ4v) is 2.20. The van der Waals surface area contributed by atoms with E-state index >= 15 is 0 Å². The molecule has 0 unspecified atom stereocenters. The second kappa shape index (κ2) is 6.10. The molecule has 0 radical (unpaired) electrons. The zero-order valence-electron chi connectivity index (χ0n) is 10.6. The molecule has 0 saturated heterocycles. The molecule has 2 aromatic rings. The van der Waals surface area contributed by atoms with Gasteiger partial charge in [0, 0.05) is 18.3 Å². The number of benzene rings is 1. The van der Waals surface area contributed by atoms with E-state index in [1.165, 1.54) is 6.07 Å². The van der Waals surface area contributed by atoms with E-state index in [1.54, 1.807) is 23.0 Å². The minimum Gasteiger partial charge on any atom is -0.298 e. The maximum Gasteiger partial charge on any atom is 0.153 e. The first-order valence-electron chi connectivity index (χ1n) is 6.13. The predicted octanol–water partition coefficient (Wildman–Crippen LogP) is 4.06. The van der Waals surface area contributed by atoms with E-state index in [1.807, 2.05) is 0 Å². The summed E-state index contributed by atoms with van der Waals surface area (Å²) in [6, 6.07) is 4.62. The molecule has 0 atom stereocenters. The summed E-state index contributed by atoms with van der Waals surface area (Å²) in [7, 11) is 0. The summed E-state index contributed by atoms with van der Waals surface area (Å²) >= 11 is 3.14. The van der Waals surface area contributed by atoms with Gasteiger partial charge in [0.25, 0.3) is 0 Å². The number of rotatable bonds is 5. The van der Waals surface area contributed by atoms with Crippen LogP contribution in [0.3, 0.4) is 0 Å². The van der Waals surface area contributed by atoms with E-state index in [-0.39, 0.29) is 5.82 Å². The highest BCUT2D eigenvalue weighted by Crippen LogP contribution is 2.26. The Morgan fingerprint density at radius 1 is 1.47 bits per heavy atom. The van der Waals surface area contributed by atoms with Gasteiger partial charge in [-0.2, -0.15) is 5.10 Å². The molecule has 0 N–H and O–H groups in total. The van der Waals surface area contributed by atoms with Crippen LogP contribution in [-0.4, -0.2) is 16.1 Å². The van der Waals surface area contributed by atoms with Crippen LogP contribution in [0.25, 0.3) is 11.3 Å². The number of carbonyl (C=O) groups is 1. The summed E-state index contributed by atoms with van der Waals surface area (Å²) in [5.41, 5.74) is 1.84. The number of carbonyl (C=O) groups excluding carboxylic acids is 1. The second-order valence-corrected chi connectivity index (χ2v) is 5.15. The van der Waals surface area contributed by atoms with Gasteiger partial charge in [0.15, 0.2) is 6.29 Å². The highest BCUT2D eigenvalue weighted by atomic mass is 79.9. The maximum absolute atomic E-state index is 13.2. The van der Waals surface area contributed by atoms with Gasteiger partial charge in [0.1, 0.15) is 11.5 Å². The lowest BCUT2D eigenvalue weighted by molar-refractivity contribution is 0.112. The van der Waals surface area contributed by atoms with Crippen LogP contribution in [0.2, 0.25) is 0 Å². The lowest BCUT2D eigenvalue weighted by Gasteiger charge is -2.01. The highest BCUT2D eigenvalue weighted by molar-refractivity contribution is 9.10. The van der Waals surface area contributed by atoms with E-state index in [2.05, 4.69) is 28.0 Å². The largest absolute Gasteiger partial charge is 0.298 e. The van der Waals surface area contributed by atoms with Gasteiger partial charge in [0.2, 0.25) is 0 Å². The first-order chi connectivity index (χ1) is 9.15. The average Bonchev–Trinajstić information content (AvgIpc) is 2.83. The topological polar surface area (TPSA) is 34.9 Å². The third kappa shape index (κ3) is 3.10. The van der Waals surface area contributed by atoms with Crippen molar-refractivity contribution in [2.24, 2.45) is 0 Å². The Morgan fingerprint density at radius 3 is 2.89 bits per heavy atom. The highest BCUT2D eigenvalue weighted by Gasteiger charge is 2.12. The van der Waals surface area contributed by atoms with Gasteiger partial charge in [0.05, 0.1) is 10.0 Å². The van der Waals surface area contributed by atoms with E-state index in [0.717, 1.165) is 31.2 Å². The summed E-state index contributed by atoms with van der Waals surface area (Å²) < 4.78 is 15.4. The summed E-state index contributed by atoms with van der Waals surface area (Å²) in [5.74, 6) is -0.332. The molecule has 1 aromatic carbocycles. The smallest absolute Gasteiger partial charge is 0.153 e. The number of aldehydes is 1. The number of unbranched alkanes of at least 4 members (excludes halogenated alkanes) is 1. The number of nitrogens with zero attached hydrogens (tertiary/aromatic N) is 2. The predicted molar refractivity (Wildman–Crippen MR) is 75.6 cm³/mol. The Kier molecular flexibility index (Phi) is 4.47. The van der Waals surface area contributed by atoms with Crippen LogP contribution in [0.1, 0.15) is 30.1 Å². The Hall–Kier alpha value is -1.49. The molecule has 1 heterocycles. The molecule has 19 heavy (non-hydrogen) atoms. The molecule has 0 aliphatic rings. The molecule has 0 aliphatic heterocycles. The van der Waals surface area contributed by atoms with Gasteiger partial charge in [-0.05, 0) is 40.5 Å². The molecule has 3 nitrogen and oxygen atoms in total. The van der Waals surface area contributed by atoms with Crippen LogP contribution < -0.4 is 0 Å². The number of halogens is 2. The monoisotopic (exact) mass is 324 g/mol. The number of hydrogen-bond donors (Lipinski definition) is 0. The minimum absolute atomic E-state index is 0.332. The third-order valence-corrected chi connectivity index (χ3v) is 3.46. The zero-order chi connectivity index (χ0) is 13.8. The Labute approximate surface area is 119 Å². The lowest BCUT2D eigenvalue weighted by atomic mass is 10.1. The van der Waals surface area contributed by atoms with Gasteiger partial charge in [-0.15, -0.1) is 0 Å². The molecule has 100 valence electrons. The average molecular weight is 325 g/mol. The molecule has 2 rings (SSSR count). The second-order valence-electron chi connectivity index (χ2n) is 4.30. The van der Waals surface area contributed by atoms with E-state index in [4.69, 9.17) is 0 Å². The van der Waals surface area contributed by atoms with E-state index < -0.39 is 0 Å². The van der Waals surface area contributed by atoms with Crippen LogP contribution in [0, 0.1) is 5.82 Å². The number of aromatic nitrogens is 2. The summed E-state index contributed by atoms with van der Waals surface area (Å²) in [6.07, 6.45) is 4.58. The Bertz CT molecular complexity index is 595. The fraction of sp³-hybridized carbons (Fsp3) is 0.286. The third-order valence-electron chi connectivity index (χ3n) is 2.85. The van der Waals surface area contributed by atoms with Gasteiger partial charge < -0.3 is 0 Å². The van der Waals surface area contributed by atoms with Crippen LogP contribution >= 0.6 is 15.9 Å². The van der Waals surface area contributed by atoms with Crippen molar-refractivity contribution in [3.05, 3.63) is 40.2 Å². The zero-order valence-corrected chi connectivity index (χ0v) is 12.2. The van der Waals surface area contributed by atoms with E-state index in [9.17, 15) is 9.18 Å². The molecule has 0 saturated carbocycles. The van der Waals surface area contributed by atoms with Crippen LogP contribution in [-0.2, 0) is 6.54 Å². The number of hydrogen-bond acceptors (Lipinski definition) is 2. The SMILES string of the molecule is CCCCn1cc(C=O)c(-c2ccc(F)c(Br)c2)n1. The van der Waals surface area contributed by atoms with Crippen molar-refractivity contribution >= 4 is 22.2 Å². The van der Waals surface area contributed by atoms with Crippen molar-refractivity contribution in [3.8, 4) is 11.3 Å². The van der Waals surface area contributed by atoms with Gasteiger partial charge in [-0.3, -0.25) is 9.48 Å². The first-order valence-corrected chi connectivity index (χ1v) is 6.93. The maximum atomic E-state index is 13.2. The quantitative estimate of drug-likeness (QED) is 0.777. The molecule has 0 aliphatic carbocycles. The number of aryl methyl sites for hydroxylation is 1. The standard InChI is InChI=1S/C14H14BrFN2O/c1-2-3-6-18-8-11(9-19)14(17-18)10-4-5-13(16)12(15)7-10/h4-5,7-9H,2-3,6H2,1H3. The molecular weight excluding hydrogens is 311 g/mol. The molecule has 0 fully saturated rings. The van der Waals surface area contributed by atoms with Crippen LogP contribution in [0.5, 0.6) is 0 Å². The molecule has 0 spiro atoms. The van der Waals surface area contributed by atoms with Crippen LogP contribution in [0.15, 0.2) is 28.9 Å². The Balaban J connectivity index is 2.39. The molecule has 1 aromatic heterocycles. The van der Waals surface area contributed by atoms with Gasteiger partial charge >= 0.3 is 0 Å². The molecule has 0 bridgehead atoms. The van der Waals surface area contributed by atoms with E-state index in [0.29, 0.717) is 15.7 Å². The van der Waals surface area contributed by atoms with Crippen molar-refractivity contribution in [3.63, 3.8) is 0 Å². The van der Waals surface area contributed by atoms with Crippen LogP contribution in [0.4, 0.5) is 4.39 Å². The van der Waals surface area contributed by atoms with Crippen molar-refractivity contribution in [2.75, 3.05) is 0 Å². The lowest BCUT2D eigenvalue weighted by Crippen LogP contribution is -1.98. The molecule has 0 amide bonds. The summed E-state index contributed by atoms with van der Waals surface area (Å²) in [4.78, 5) is 11.1. The summed E-state index contributed by atoms with van der Waals surface area (Å²) in [6.45, 7) is 2.88. The van der Waals surface area contributed by atoms with Crippen molar-refractivity contribution < 1.29 is 9.18 Å². The van der Waals surface area contributed by atoms with Crippen molar-refractivity contribution in [2.45, 2.75) is 26.3 Å². The minimum atomic E-state index is -0.332. The van der Waals surface area contributed by atoms with Crippen molar-refractivity contribution in [1.29, 1.82) is 0 Å². The molecular formula is C14H14BrFN2O. The molecule has 5 heteroatoms. The first kappa shape index (κ1) is 13.9. The van der Waals surface area contributed by atoms with Gasteiger partial charge in [-0.25, -0.2) is 4.39 Å². The fourth-order valence-electron chi connectivity index (χ4n) is 1.83. The normalized spacial score (nSPS) is 10.7. The Morgan fingerprint density at radius 2 is 2.26 bits per heavy atom. The summed E-state index contributed by atoms with van der Waals surface area (Å²) in [5, 5.41) is 4.40. The van der Waals surface area contributed by atoms with Crippen molar-refractivity contribution in [1.82, 2.24) is 9.78 Å².